The Kier molecular flexibility index (Phi) is 7.28. The van der Waals surface area contributed by atoms with E-state index in [0.717, 1.165) is 29.8 Å². The summed E-state index contributed by atoms with van der Waals surface area (Å²) in [6, 6.07) is 15.8. The number of nitrogens with zero attached hydrogens (tertiary/aromatic N) is 3. The lowest BCUT2D eigenvalue weighted by Crippen LogP contribution is -2.60. The molecule has 3 aromatic rings. The second kappa shape index (κ2) is 10.3. The molecule has 0 radical (unpaired) electrons. The standard InChI is InChI=1S/C26H30N4O2S/c1-4-6-7-10-17-33-26-27-24(32)23-21-11-8-9-12-22(21)29(18(3)31)25(30(23)28-26)20-15-13-19(5-2)14-16-20/h8-9,11-16,25H,4-7,10,17H2,1-3H3/p+1. The van der Waals surface area contributed by atoms with E-state index < -0.39 is 6.17 Å². The van der Waals surface area contributed by atoms with Crippen LogP contribution in [0.15, 0.2) is 58.5 Å². The van der Waals surface area contributed by atoms with Crippen molar-refractivity contribution in [3.8, 4) is 11.3 Å². The predicted molar refractivity (Wildman–Crippen MR) is 132 cm³/mol. The molecule has 4 rings (SSSR count). The molecular formula is C26H31N4O2S+. The van der Waals surface area contributed by atoms with Crippen LogP contribution in [0.25, 0.3) is 11.3 Å². The fraction of sp³-hybridized carbons (Fsp3) is 0.385. The van der Waals surface area contributed by atoms with Gasteiger partial charge in [0.05, 0.1) is 11.3 Å². The highest BCUT2D eigenvalue weighted by atomic mass is 32.2. The van der Waals surface area contributed by atoms with Gasteiger partial charge < -0.3 is 0 Å². The first-order valence-electron chi connectivity index (χ1n) is 11.7. The van der Waals surface area contributed by atoms with Gasteiger partial charge in [-0.25, -0.2) is 4.90 Å². The summed E-state index contributed by atoms with van der Waals surface area (Å²) in [5, 5.41) is 5.44. The Morgan fingerprint density at radius 3 is 2.55 bits per heavy atom. The molecule has 1 amide bonds. The minimum Gasteiger partial charge on any atom is -0.291 e. The number of aromatic amines is 1. The number of hydrogen-bond acceptors (Lipinski definition) is 4. The van der Waals surface area contributed by atoms with Crippen LogP contribution in [-0.4, -0.2) is 21.7 Å². The molecule has 0 spiro atoms. The zero-order valence-electron chi connectivity index (χ0n) is 19.5. The number of aryl methyl sites for hydroxylation is 1. The molecule has 0 aliphatic carbocycles. The highest BCUT2D eigenvalue weighted by Gasteiger charge is 2.44. The third-order valence-electron chi connectivity index (χ3n) is 6.02. The molecule has 1 N–H and O–H groups in total. The zero-order chi connectivity index (χ0) is 23.4. The summed E-state index contributed by atoms with van der Waals surface area (Å²) in [6.45, 7) is 5.87. The first kappa shape index (κ1) is 23.2. The molecule has 2 aromatic carbocycles. The summed E-state index contributed by atoms with van der Waals surface area (Å²) in [6.07, 6.45) is 5.06. The van der Waals surface area contributed by atoms with E-state index in [1.165, 1.54) is 24.8 Å². The average molecular weight is 464 g/mol. The van der Waals surface area contributed by atoms with Gasteiger partial charge in [0.2, 0.25) is 11.1 Å². The van der Waals surface area contributed by atoms with Gasteiger partial charge in [-0.3, -0.25) is 14.6 Å². The molecule has 0 fully saturated rings. The van der Waals surface area contributed by atoms with Crippen LogP contribution in [0.4, 0.5) is 5.69 Å². The summed E-state index contributed by atoms with van der Waals surface area (Å²) in [4.78, 5) is 30.9. The van der Waals surface area contributed by atoms with Crippen molar-refractivity contribution >= 4 is 23.4 Å². The molecule has 1 aliphatic heterocycles. The van der Waals surface area contributed by atoms with Crippen LogP contribution in [0.5, 0.6) is 0 Å². The number of H-pyrrole nitrogens is 1. The average Bonchev–Trinajstić information content (AvgIpc) is 2.82. The van der Waals surface area contributed by atoms with Crippen LogP contribution in [-0.2, 0) is 11.2 Å². The maximum Gasteiger partial charge on any atom is 0.325 e. The molecule has 0 saturated heterocycles. The number of benzene rings is 2. The summed E-state index contributed by atoms with van der Waals surface area (Å²) in [5.74, 6) is 0.798. The fourth-order valence-corrected chi connectivity index (χ4v) is 5.15. The number of nitrogens with one attached hydrogen (secondary N) is 1. The molecule has 2 heterocycles. The largest absolute Gasteiger partial charge is 0.325 e. The van der Waals surface area contributed by atoms with Gasteiger partial charge in [0.25, 0.3) is 6.17 Å². The second-order valence-corrected chi connectivity index (χ2v) is 9.42. The molecule has 33 heavy (non-hydrogen) atoms. The van der Waals surface area contributed by atoms with E-state index in [0.29, 0.717) is 16.4 Å². The van der Waals surface area contributed by atoms with Crippen molar-refractivity contribution in [2.75, 3.05) is 10.7 Å². The van der Waals surface area contributed by atoms with Crippen molar-refractivity contribution in [3.05, 3.63) is 70.0 Å². The first-order valence-corrected chi connectivity index (χ1v) is 12.7. The maximum atomic E-state index is 13.3. The minimum absolute atomic E-state index is 0.0963. The molecule has 1 aromatic heterocycles. The number of carbonyl (C=O) groups is 1. The molecule has 1 atom stereocenters. The molecule has 6 nitrogen and oxygen atoms in total. The lowest BCUT2D eigenvalue weighted by Gasteiger charge is -2.31. The Balaban J connectivity index is 1.83. The molecule has 1 aliphatic rings. The van der Waals surface area contributed by atoms with Gasteiger partial charge in [-0.1, -0.05) is 69.1 Å². The lowest BCUT2D eigenvalue weighted by molar-refractivity contribution is -0.763. The highest BCUT2D eigenvalue weighted by Crippen LogP contribution is 2.37. The van der Waals surface area contributed by atoms with E-state index in [9.17, 15) is 9.59 Å². The highest BCUT2D eigenvalue weighted by molar-refractivity contribution is 7.99. The van der Waals surface area contributed by atoms with Crippen molar-refractivity contribution in [2.45, 2.75) is 64.2 Å². The topological polar surface area (TPSA) is 69.9 Å². The molecule has 0 bridgehead atoms. The number of anilines is 1. The van der Waals surface area contributed by atoms with E-state index in [1.807, 2.05) is 36.4 Å². The van der Waals surface area contributed by atoms with Crippen LogP contribution >= 0.6 is 11.8 Å². The van der Waals surface area contributed by atoms with Gasteiger partial charge >= 0.3 is 11.3 Å². The normalized spacial score (nSPS) is 14.6. The van der Waals surface area contributed by atoms with E-state index in [4.69, 9.17) is 5.10 Å². The van der Waals surface area contributed by atoms with Gasteiger partial charge in [0.15, 0.2) is 0 Å². The van der Waals surface area contributed by atoms with Crippen molar-refractivity contribution < 1.29 is 9.48 Å². The number of unbranched alkanes of at least 4 members (excludes halogenated alkanes) is 3. The van der Waals surface area contributed by atoms with Gasteiger partial charge in [0.1, 0.15) is 0 Å². The van der Waals surface area contributed by atoms with Crippen molar-refractivity contribution in [2.24, 2.45) is 0 Å². The fourth-order valence-electron chi connectivity index (χ4n) is 4.30. The minimum atomic E-state index is -0.528. The van der Waals surface area contributed by atoms with Crippen molar-refractivity contribution in [1.82, 2.24) is 10.1 Å². The number of aromatic nitrogens is 3. The predicted octanol–water partition coefficient (Wildman–Crippen LogP) is 4.87. The number of thioether (sulfide) groups is 1. The Bertz CT molecular complexity index is 1190. The molecule has 172 valence electrons. The van der Waals surface area contributed by atoms with E-state index >= 15 is 0 Å². The van der Waals surface area contributed by atoms with Crippen LogP contribution in [0.2, 0.25) is 0 Å². The molecular weight excluding hydrogens is 432 g/mol. The van der Waals surface area contributed by atoms with Gasteiger partial charge in [0, 0.05) is 23.3 Å². The van der Waals surface area contributed by atoms with E-state index in [1.54, 1.807) is 28.3 Å². The number of carbonyl (C=O) groups excluding carboxylic acids is 1. The van der Waals surface area contributed by atoms with Crippen molar-refractivity contribution in [3.63, 3.8) is 0 Å². The van der Waals surface area contributed by atoms with Crippen molar-refractivity contribution in [1.29, 1.82) is 0 Å². The van der Waals surface area contributed by atoms with Gasteiger partial charge in [-0.15, -0.1) is 0 Å². The Hall–Kier alpha value is -2.93. The molecule has 1 unspecified atom stereocenters. The quantitative estimate of drug-likeness (QED) is 0.294. The van der Waals surface area contributed by atoms with Crippen LogP contribution in [0, 0.1) is 0 Å². The Morgan fingerprint density at radius 1 is 1.09 bits per heavy atom. The number of amides is 1. The summed E-state index contributed by atoms with van der Waals surface area (Å²) in [5.41, 5.74) is 3.86. The summed E-state index contributed by atoms with van der Waals surface area (Å²) in [7, 11) is 0. The third kappa shape index (κ3) is 4.74. The molecule has 0 saturated carbocycles. The maximum absolute atomic E-state index is 13.3. The summed E-state index contributed by atoms with van der Waals surface area (Å²) < 4.78 is 1.73. The van der Waals surface area contributed by atoms with Crippen LogP contribution in [0.3, 0.4) is 0 Å². The van der Waals surface area contributed by atoms with Gasteiger partial charge in [-0.05, 0) is 47.4 Å². The number of fused-ring (bicyclic) bond motifs is 3. The summed E-state index contributed by atoms with van der Waals surface area (Å²) >= 11 is 1.56. The van der Waals surface area contributed by atoms with Crippen LogP contribution in [0.1, 0.15) is 63.7 Å². The Morgan fingerprint density at radius 2 is 1.85 bits per heavy atom. The smallest absolute Gasteiger partial charge is 0.291 e. The third-order valence-corrected chi connectivity index (χ3v) is 6.97. The van der Waals surface area contributed by atoms with E-state index in [2.05, 4.69) is 31.0 Å². The first-order chi connectivity index (χ1) is 16.0. The number of hydrogen-bond donors (Lipinski definition) is 1. The number of para-hydroxylation sites is 1. The second-order valence-electron chi connectivity index (χ2n) is 8.34. The van der Waals surface area contributed by atoms with Gasteiger partial charge in [-0.2, -0.15) is 0 Å². The zero-order valence-corrected chi connectivity index (χ0v) is 20.3. The SMILES string of the molecule is CCCCCCSc1n[n+]2c(c(=O)[nH]1)-c1ccccc1N(C(C)=O)C2c1ccc(CC)cc1. The monoisotopic (exact) mass is 463 g/mol. The molecule has 7 heteroatoms. The number of rotatable bonds is 8. The Labute approximate surface area is 199 Å². The van der Waals surface area contributed by atoms with E-state index in [-0.39, 0.29) is 11.5 Å². The lowest BCUT2D eigenvalue weighted by atomic mass is 10.0. The van der Waals surface area contributed by atoms with Crippen LogP contribution < -0.4 is 15.1 Å².